The van der Waals surface area contributed by atoms with Gasteiger partial charge >= 0.3 is 5.97 Å². The summed E-state index contributed by atoms with van der Waals surface area (Å²) in [4.78, 5) is 11.9. The van der Waals surface area contributed by atoms with Crippen LogP contribution in [0.25, 0.3) is 0 Å². The SMILES string of the molecule is CC(=O)O[C@@H]1C[C@]2(C)C3C(CC[C@@]2(C)C[C@@H]1O)[C@]1(C)C[C@@H]2OC4(C[C@H](C)C(C)(C)O4)C(C)(O)C2[C@@]1(C)C[C@@H]3O. The minimum atomic E-state index is -1.18. The summed E-state index contributed by atoms with van der Waals surface area (Å²) in [5, 5.41) is 35.5. The van der Waals surface area contributed by atoms with E-state index in [1.165, 1.54) is 6.92 Å². The first kappa shape index (κ1) is 28.4. The van der Waals surface area contributed by atoms with Gasteiger partial charge in [0.25, 0.3) is 0 Å². The van der Waals surface area contributed by atoms with Gasteiger partial charge in [0.05, 0.1) is 23.9 Å². The first-order valence-electron chi connectivity index (χ1n) is 15.4. The molecular formula is C32H52O7. The highest BCUT2D eigenvalue weighted by Crippen LogP contribution is 2.78. The van der Waals surface area contributed by atoms with Crippen molar-refractivity contribution in [2.45, 2.75) is 149 Å². The van der Waals surface area contributed by atoms with E-state index in [0.29, 0.717) is 25.7 Å². The van der Waals surface area contributed by atoms with Crippen molar-refractivity contribution in [2.75, 3.05) is 0 Å². The van der Waals surface area contributed by atoms with E-state index in [-0.39, 0.29) is 63.0 Å². The smallest absolute Gasteiger partial charge is 0.302 e. The molecule has 4 aliphatic carbocycles. The van der Waals surface area contributed by atoms with E-state index in [1.807, 2.05) is 6.92 Å². The third-order valence-corrected chi connectivity index (χ3v) is 14.3. The van der Waals surface area contributed by atoms with Crippen LogP contribution >= 0.6 is 0 Å². The molecule has 0 aromatic rings. The van der Waals surface area contributed by atoms with Gasteiger partial charge in [-0.3, -0.25) is 4.79 Å². The normalized spacial score (nSPS) is 61.3. The summed E-state index contributed by atoms with van der Waals surface area (Å²) in [6.45, 7) is 18.9. The van der Waals surface area contributed by atoms with E-state index in [2.05, 4.69) is 48.5 Å². The molecule has 7 heteroatoms. The van der Waals surface area contributed by atoms with Gasteiger partial charge in [0.1, 0.15) is 11.7 Å². The summed E-state index contributed by atoms with van der Waals surface area (Å²) in [6, 6.07) is 0. The van der Waals surface area contributed by atoms with E-state index >= 15 is 0 Å². The Morgan fingerprint density at radius 3 is 2.13 bits per heavy atom. The van der Waals surface area contributed by atoms with Crippen molar-refractivity contribution in [3.63, 3.8) is 0 Å². The maximum absolute atomic E-state index is 12.4. The molecule has 6 aliphatic rings. The molecular weight excluding hydrogens is 496 g/mol. The molecule has 39 heavy (non-hydrogen) atoms. The van der Waals surface area contributed by atoms with E-state index in [9.17, 15) is 20.1 Å². The number of aliphatic hydroxyl groups excluding tert-OH is 2. The second-order valence-corrected chi connectivity index (χ2v) is 16.4. The Morgan fingerprint density at radius 2 is 1.54 bits per heavy atom. The standard InChI is InChI=1S/C32H52O7/c1-17-12-32(39-26(17,3)4)31(9,36)25-23(38-32)16-28(6)19-10-11-27(5)13-20(34)22(37-18(2)33)15-29(27,7)24(19)21(35)14-30(25,28)8/h17,19-25,34-36H,10-16H2,1-9H3/t17-,19?,20-,21-,22+,23-,24?,25?,27-,28-,29+,30+,31?,32?/m0/s1. The number of fused-ring (bicyclic) bond motifs is 7. The van der Waals surface area contributed by atoms with Crippen LogP contribution in [0.1, 0.15) is 107 Å². The molecule has 3 N–H and O–H groups in total. The summed E-state index contributed by atoms with van der Waals surface area (Å²) in [6.07, 6.45) is 3.21. The molecule has 0 bridgehead atoms. The third kappa shape index (κ3) is 3.31. The third-order valence-electron chi connectivity index (χ3n) is 14.3. The Kier molecular flexibility index (Phi) is 5.83. The lowest BCUT2D eigenvalue weighted by Crippen LogP contribution is -2.68. The van der Waals surface area contributed by atoms with Gasteiger partial charge in [-0.25, -0.2) is 0 Å². The second kappa shape index (κ2) is 8.00. The molecule has 7 nitrogen and oxygen atoms in total. The summed E-state index contributed by atoms with van der Waals surface area (Å²) in [5.41, 5.74) is -2.49. The van der Waals surface area contributed by atoms with Crippen molar-refractivity contribution in [3.8, 4) is 0 Å². The van der Waals surface area contributed by atoms with Gasteiger partial charge in [0, 0.05) is 19.3 Å². The van der Waals surface area contributed by atoms with Crippen LogP contribution < -0.4 is 0 Å². The highest BCUT2D eigenvalue weighted by atomic mass is 16.7. The molecule has 6 rings (SSSR count). The first-order valence-corrected chi connectivity index (χ1v) is 15.4. The van der Waals surface area contributed by atoms with Gasteiger partial charge in [0.15, 0.2) is 5.79 Å². The van der Waals surface area contributed by atoms with Crippen molar-refractivity contribution in [3.05, 3.63) is 0 Å². The predicted molar refractivity (Wildman–Crippen MR) is 145 cm³/mol. The van der Waals surface area contributed by atoms with Crippen molar-refractivity contribution in [1.82, 2.24) is 0 Å². The lowest BCUT2D eigenvalue weighted by atomic mass is 9.36. The van der Waals surface area contributed by atoms with E-state index in [0.717, 1.165) is 19.3 Å². The summed E-state index contributed by atoms with van der Waals surface area (Å²) in [5.74, 6) is -1.03. The van der Waals surface area contributed by atoms with Crippen molar-refractivity contribution < 1.29 is 34.3 Å². The monoisotopic (exact) mass is 548 g/mol. The first-order chi connectivity index (χ1) is 17.8. The van der Waals surface area contributed by atoms with E-state index < -0.39 is 29.7 Å². The molecule has 2 saturated heterocycles. The van der Waals surface area contributed by atoms with Crippen LogP contribution in [0.15, 0.2) is 0 Å². The average molecular weight is 549 g/mol. The number of aliphatic hydroxyl groups is 3. The summed E-state index contributed by atoms with van der Waals surface area (Å²) in [7, 11) is 0. The number of hydrogen-bond acceptors (Lipinski definition) is 7. The zero-order valence-corrected chi connectivity index (χ0v) is 25.5. The Labute approximate surface area is 234 Å². The summed E-state index contributed by atoms with van der Waals surface area (Å²) < 4.78 is 19.1. The number of carbonyl (C=O) groups is 1. The lowest BCUT2D eigenvalue weighted by molar-refractivity contribution is -0.308. The fraction of sp³-hybridized carbons (Fsp3) is 0.969. The lowest BCUT2D eigenvalue weighted by Gasteiger charge is -2.69. The number of carbonyl (C=O) groups excluding carboxylic acids is 1. The van der Waals surface area contributed by atoms with Gasteiger partial charge in [0.2, 0.25) is 0 Å². The maximum atomic E-state index is 12.4. The Morgan fingerprint density at radius 1 is 0.872 bits per heavy atom. The molecule has 2 aliphatic heterocycles. The van der Waals surface area contributed by atoms with Crippen LogP contribution in [0.4, 0.5) is 0 Å². The molecule has 0 amide bonds. The number of hydrogen-bond donors (Lipinski definition) is 3. The minimum absolute atomic E-state index is 0.0132. The second-order valence-electron chi connectivity index (χ2n) is 16.4. The van der Waals surface area contributed by atoms with Crippen LogP contribution in [0.3, 0.4) is 0 Å². The fourth-order valence-electron chi connectivity index (χ4n) is 11.7. The number of esters is 1. The van der Waals surface area contributed by atoms with E-state index in [1.54, 1.807) is 0 Å². The van der Waals surface area contributed by atoms with Gasteiger partial charge in [-0.1, -0.05) is 34.6 Å². The molecule has 2 heterocycles. The summed E-state index contributed by atoms with van der Waals surface area (Å²) >= 11 is 0. The van der Waals surface area contributed by atoms with E-state index in [4.69, 9.17) is 14.2 Å². The van der Waals surface area contributed by atoms with Crippen molar-refractivity contribution >= 4 is 5.97 Å². The molecule has 14 atom stereocenters. The molecule has 1 spiro atoms. The van der Waals surface area contributed by atoms with Gasteiger partial charge in [-0.15, -0.1) is 0 Å². The van der Waals surface area contributed by atoms with Crippen LogP contribution in [0, 0.1) is 45.3 Å². The molecule has 222 valence electrons. The Bertz CT molecular complexity index is 1060. The number of rotatable bonds is 1. The largest absolute Gasteiger partial charge is 0.460 e. The highest BCUT2D eigenvalue weighted by molar-refractivity contribution is 5.66. The van der Waals surface area contributed by atoms with Gasteiger partial charge in [-0.05, 0) is 98.7 Å². The topological polar surface area (TPSA) is 105 Å². The molecule has 0 radical (unpaired) electrons. The Balaban J connectivity index is 1.37. The van der Waals surface area contributed by atoms with Crippen LogP contribution in [-0.2, 0) is 19.0 Å². The maximum Gasteiger partial charge on any atom is 0.302 e. The Hall–Kier alpha value is -0.730. The molecule has 6 fully saturated rings. The molecule has 5 unspecified atom stereocenters. The van der Waals surface area contributed by atoms with Crippen LogP contribution in [0.2, 0.25) is 0 Å². The quantitative estimate of drug-likeness (QED) is 0.412. The molecule has 0 aromatic carbocycles. The fourth-order valence-corrected chi connectivity index (χ4v) is 11.7. The zero-order chi connectivity index (χ0) is 28.8. The zero-order valence-electron chi connectivity index (χ0n) is 25.5. The molecule has 4 saturated carbocycles. The van der Waals surface area contributed by atoms with Crippen molar-refractivity contribution in [1.29, 1.82) is 0 Å². The van der Waals surface area contributed by atoms with Crippen molar-refractivity contribution in [2.24, 2.45) is 45.3 Å². The minimum Gasteiger partial charge on any atom is -0.460 e. The number of ether oxygens (including phenoxy) is 3. The van der Waals surface area contributed by atoms with Crippen LogP contribution in [-0.4, -0.2) is 62.7 Å². The predicted octanol–water partition coefficient (Wildman–Crippen LogP) is 4.59. The highest BCUT2D eigenvalue weighted by Gasteiger charge is 2.80. The molecule has 0 aromatic heterocycles. The van der Waals surface area contributed by atoms with Crippen LogP contribution in [0.5, 0.6) is 0 Å². The average Bonchev–Trinajstić information content (AvgIpc) is 3.23. The van der Waals surface area contributed by atoms with Gasteiger partial charge in [-0.2, -0.15) is 0 Å². The van der Waals surface area contributed by atoms with Gasteiger partial charge < -0.3 is 29.5 Å².